The molecule has 1 aromatic heterocycles. The SMILES string of the molecule is COC(=O)c1c(NC(=O)COc2ccc(C)cc2OC)sc2c1CCCC2. The number of fused-ring (bicyclic) bond motifs is 1. The van der Waals surface area contributed by atoms with Gasteiger partial charge in [-0.3, -0.25) is 4.79 Å². The van der Waals surface area contributed by atoms with Gasteiger partial charge in [0.25, 0.3) is 5.91 Å². The molecule has 7 heteroatoms. The smallest absolute Gasteiger partial charge is 0.341 e. The summed E-state index contributed by atoms with van der Waals surface area (Å²) in [5.74, 6) is 0.328. The molecule has 3 rings (SSSR count). The summed E-state index contributed by atoms with van der Waals surface area (Å²) in [6.45, 7) is 1.77. The van der Waals surface area contributed by atoms with Gasteiger partial charge in [-0.2, -0.15) is 0 Å². The number of benzene rings is 1. The Morgan fingerprint density at radius 1 is 1.15 bits per heavy atom. The highest BCUT2D eigenvalue weighted by atomic mass is 32.1. The normalized spacial score (nSPS) is 12.9. The van der Waals surface area contributed by atoms with E-state index >= 15 is 0 Å². The maximum atomic E-state index is 12.4. The number of rotatable bonds is 6. The first-order chi connectivity index (χ1) is 13.0. The zero-order chi connectivity index (χ0) is 19.4. The Bertz CT molecular complexity index is 858. The maximum Gasteiger partial charge on any atom is 0.341 e. The van der Waals surface area contributed by atoms with Crippen molar-refractivity contribution < 1.29 is 23.8 Å². The Kier molecular flexibility index (Phi) is 6.01. The molecule has 0 saturated heterocycles. The Labute approximate surface area is 162 Å². The fraction of sp³-hybridized carbons (Fsp3) is 0.400. The first kappa shape index (κ1) is 19.2. The van der Waals surface area contributed by atoms with Crippen LogP contribution < -0.4 is 14.8 Å². The summed E-state index contributed by atoms with van der Waals surface area (Å²) >= 11 is 1.45. The number of thiophene rings is 1. The van der Waals surface area contributed by atoms with E-state index in [1.54, 1.807) is 13.2 Å². The molecule has 27 heavy (non-hydrogen) atoms. The van der Waals surface area contributed by atoms with Crippen LogP contribution in [0.1, 0.15) is 39.2 Å². The van der Waals surface area contributed by atoms with Gasteiger partial charge in [0.2, 0.25) is 0 Å². The van der Waals surface area contributed by atoms with Gasteiger partial charge in [-0.15, -0.1) is 11.3 Å². The van der Waals surface area contributed by atoms with Crippen LogP contribution in [0.4, 0.5) is 5.00 Å². The number of amides is 1. The van der Waals surface area contributed by atoms with Crippen LogP contribution in [0, 0.1) is 6.92 Å². The Morgan fingerprint density at radius 3 is 2.67 bits per heavy atom. The molecule has 144 valence electrons. The molecule has 1 heterocycles. The van der Waals surface area contributed by atoms with Crippen LogP contribution in [-0.2, 0) is 22.4 Å². The van der Waals surface area contributed by atoms with E-state index < -0.39 is 5.97 Å². The van der Waals surface area contributed by atoms with Crippen molar-refractivity contribution in [1.82, 2.24) is 0 Å². The molecule has 0 atom stereocenters. The van der Waals surface area contributed by atoms with Crippen LogP contribution in [-0.4, -0.2) is 32.7 Å². The second kappa shape index (κ2) is 8.43. The Morgan fingerprint density at radius 2 is 1.93 bits per heavy atom. The molecule has 2 aromatic rings. The second-order valence-corrected chi connectivity index (χ2v) is 7.50. The number of hydrogen-bond acceptors (Lipinski definition) is 6. The number of ether oxygens (including phenoxy) is 3. The summed E-state index contributed by atoms with van der Waals surface area (Å²) in [6.07, 6.45) is 3.90. The second-order valence-electron chi connectivity index (χ2n) is 6.40. The van der Waals surface area contributed by atoms with Crippen molar-refractivity contribution in [3.05, 3.63) is 39.8 Å². The molecule has 0 aliphatic heterocycles. The average Bonchev–Trinajstić information content (AvgIpc) is 3.03. The molecule has 1 N–H and O–H groups in total. The van der Waals surface area contributed by atoms with Crippen molar-refractivity contribution in [2.45, 2.75) is 32.6 Å². The van der Waals surface area contributed by atoms with Gasteiger partial charge in [0.05, 0.1) is 19.8 Å². The molecule has 0 fully saturated rings. The largest absolute Gasteiger partial charge is 0.493 e. The lowest BCUT2D eigenvalue weighted by atomic mass is 9.95. The zero-order valence-electron chi connectivity index (χ0n) is 15.7. The van der Waals surface area contributed by atoms with E-state index in [1.165, 1.54) is 18.4 Å². The van der Waals surface area contributed by atoms with E-state index in [4.69, 9.17) is 14.2 Å². The van der Waals surface area contributed by atoms with Gasteiger partial charge >= 0.3 is 5.97 Å². The summed E-state index contributed by atoms with van der Waals surface area (Å²) in [5.41, 5.74) is 2.53. The van der Waals surface area contributed by atoms with Gasteiger partial charge < -0.3 is 19.5 Å². The predicted molar refractivity (Wildman–Crippen MR) is 104 cm³/mol. The number of aryl methyl sites for hydroxylation is 2. The highest BCUT2D eigenvalue weighted by molar-refractivity contribution is 7.17. The number of hydrogen-bond donors (Lipinski definition) is 1. The monoisotopic (exact) mass is 389 g/mol. The average molecular weight is 389 g/mol. The van der Waals surface area contributed by atoms with Gasteiger partial charge in [-0.25, -0.2) is 4.79 Å². The van der Waals surface area contributed by atoms with Crippen LogP contribution in [0.3, 0.4) is 0 Å². The quantitative estimate of drug-likeness (QED) is 0.762. The molecule has 0 unspecified atom stereocenters. The molecule has 1 aliphatic carbocycles. The third-order valence-electron chi connectivity index (χ3n) is 4.49. The van der Waals surface area contributed by atoms with Crippen LogP contribution >= 0.6 is 11.3 Å². The van der Waals surface area contributed by atoms with E-state index in [-0.39, 0.29) is 12.5 Å². The molecule has 6 nitrogen and oxygen atoms in total. The highest BCUT2D eigenvalue weighted by Gasteiger charge is 2.27. The molecule has 0 bridgehead atoms. The molecule has 1 aromatic carbocycles. The van der Waals surface area contributed by atoms with Crippen LogP contribution in [0.5, 0.6) is 11.5 Å². The maximum absolute atomic E-state index is 12.4. The van der Waals surface area contributed by atoms with Gasteiger partial charge in [-0.05, 0) is 55.9 Å². The van der Waals surface area contributed by atoms with E-state index in [0.29, 0.717) is 22.1 Å². The van der Waals surface area contributed by atoms with Crippen molar-refractivity contribution in [2.75, 3.05) is 26.1 Å². The lowest BCUT2D eigenvalue weighted by molar-refractivity contribution is -0.118. The molecule has 1 aliphatic rings. The van der Waals surface area contributed by atoms with E-state index in [1.807, 2.05) is 19.1 Å². The minimum absolute atomic E-state index is 0.178. The van der Waals surface area contributed by atoms with Gasteiger partial charge in [-0.1, -0.05) is 6.07 Å². The number of anilines is 1. The fourth-order valence-corrected chi connectivity index (χ4v) is 4.47. The first-order valence-electron chi connectivity index (χ1n) is 8.83. The molecular weight excluding hydrogens is 366 g/mol. The first-order valence-corrected chi connectivity index (χ1v) is 9.65. The Balaban J connectivity index is 1.73. The summed E-state index contributed by atoms with van der Waals surface area (Å²) in [5, 5.41) is 3.36. The summed E-state index contributed by atoms with van der Waals surface area (Å²) < 4.78 is 15.8. The number of carbonyl (C=O) groups is 2. The minimum Gasteiger partial charge on any atom is -0.493 e. The Hall–Kier alpha value is -2.54. The number of esters is 1. The lowest BCUT2D eigenvalue weighted by Gasteiger charge is -2.12. The van der Waals surface area contributed by atoms with Gasteiger partial charge in [0, 0.05) is 4.88 Å². The molecule has 0 saturated carbocycles. The molecular formula is C20H23NO5S. The summed E-state index contributed by atoms with van der Waals surface area (Å²) in [7, 11) is 2.91. The molecule has 1 amide bonds. The van der Waals surface area contributed by atoms with E-state index in [9.17, 15) is 9.59 Å². The van der Waals surface area contributed by atoms with Crippen LogP contribution in [0.25, 0.3) is 0 Å². The molecule has 0 radical (unpaired) electrons. The summed E-state index contributed by atoms with van der Waals surface area (Å²) in [6, 6.07) is 5.50. The van der Waals surface area contributed by atoms with E-state index in [2.05, 4.69) is 5.32 Å². The van der Waals surface area contributed by atoms with Gasteiger partial charge in [0.1, 0.15) is 5.00 Å². The fourth-order valence-electron chi connectivity index (χ4n) is 3.17. The standard InChI is InChI=1S/C20H23NO5S/c1-12-8-9-14(15(10-12)24-2)26-11-17(22)21-19-18(20(23)25-3)13-6-4-5-7-16(13)27-19/h8-10H,4-7,11H2,1-3H3,(H,21,22). The van der Waals surface area contributed by atoms with Crippen molar-refractivity contribution in [3.63, 3.8) is 0 Å². The van der Waals surface area contributed by atoms with Gasteiger partial charge in [0.15, 0.2) is 18.1 Å². The third-order valence-corrected chi connectivity index (χ3v) is 5.70. The minimum atomic E-state index is -0.411. The predicted octanol–water partition coefficient (Wildman–Crippen LogP) is 3.75. The number of carbonyl (C=O) groups excluding carboxylic acids is 2. The van der Waals surface area contributed by atoms with Crippen LogP contribution in [0.2, 0.25) is 0 Å². The van der Waals surface area contributed by atoms with Crippen molar-refractivity contribution in [2.24, 2.45) is 0 Å². The van der Waals surface area contributed by atoms with E-state index in [0.717, 1.165) is 41.7 Å². The zero-order valence-corrected chi connectivity index (χ0v) is 16.5. The topological polar surface area (TPSA) is 73.9 Å². The number of nitrogens with one attached hydrogen (secondary N) is 1. The van der Waals surface area contributed by atoms with Crippen molar-refractivity contribution >= 4 is 28.2 Å². The highest BCUT2D eigenvalue weighted by Crippen LogP contribution is 2.38. The van der Waals surface area contributed by atoms with Crippen LogP contribution in [0.15, 0.2) is 18.2 Å². The third kappa shape index (κ3) is 4.24. The number of methoxy groups -OCH3 is 2. The summed E-state index contributed by atoms with van der Waals surface area (Å²) in [4.78, 5) is 25.8. The molecule has 0 spiro atoms. The van der Waals surface area contributed by atoms with Crippen molar-refractivity contribution in [1.29, 1.82) is 0 Å². The lowest BCUT2D eigenvalue weighted by Crippen LogP contribution is -2.21. The van der Waals surface area contributed by atoms with Crippen molar-refractivity contribution in [3.8, 4) is 11.5 Å².